The van der Waals surface area contributed by atoms with E-state index < -0.39 is 32.1 Å². The van der Waals surface area contributed by atoms with Gasteiger partial charge in [0.05, 0.1) is 17.1 Å². The van der Waals surface area contributed by atoms with Crippen molar-refractivity contribution in [1.82, 2.24) is 0 Å². The van der Waals surface area contributed by atoms with Crippen molar-refractivity contribution in [3.63, 3.8) is 0 Å². The Labute approximate surface area is 184 Å². The summed E-state index contributed by atoms with van der Waals surface area (Å²) in [6, 6.07) is 7.55. The van der Waals surface area contributed by atoms with Crippen molar-refractivity contribution in [2.45, 2.75) is 35.8 Å². The first-order chi connectivity index (χ1) is 14.7. The number of benzene rings is 2. The fraction of sp³-hybridized carbons (Fsp3) is 0.348. The molecule has 2 aliphatic rings. The van der Waals surface area contributed by atoms with Gasteiger partial charge >= 0.3 is 0 Å². The van der Waals surface area contributed by atoms with Crippen molar-refractivity contribution < 1.29 is 26.7 Å². The largest absolute Gasteiger partial charge is 0.490 e. The minimum Gasteiger partial charge on any atom is -0.490 e. The first kappa shape index (κ1) is 22.0. The molecule has 4 rings (SSSR count). The highest BCUT2D eigenvalue weighted by atomic mass is 35.5. The highest BCUT2D eigenvalue weighted by Crippen LogP contribution is 2.58. The summed E-state index contributed by atoms with van der Waals surface area (Å²) in [5, 5.41) is 0.364. The summed E-state index contributed by atoms with van der Waals surface area (Å²) in [5.41, 5.74) is -0.264. The lowest BCUT2D eigenvalue weighted by Gasteiger charge is -2.49. The Bertz CT molecular complexity index is 1160. The van der Waals surface area contributed by atoms with E-state index in [2.05, 4.69) is 0 Å². The smallest absolute Gasteiger partial charge is 0.188 e. The molecule has 0 aromatic heterocycles. The van der Waals surface area contributed by atoms with Crippen LogP contribution in [0.15, 0.2) is 53.4 Å². The van der Waals surface area contributed by atoms with Crippen molar-refractivity contribution in [3.8, 4) is 5.75 Å². The van der Waals surface area contributed by atoms with Crippen LogP contribution in [0.4, 0.5) is 8.78 Å². The van der Waals surface area contributed by atoms with Crippen molar-refractivity contribution in [2.75, 3.05) is 6.61 Å². The minimum absolute atomic E-state index is 0.0189. The van der Waals surface area contributed by atoms with Crippen LogP contribution in [0, 0.1) is 23.5 Å². The summed E-state index contributed by atoms with van der Waals surface area (Å²) in [4.78, 5) is 11.5. The number of carbonyl (C=O) groups excluding carboxylic acids is 1. The number of ketones is 1. The Balaban J connectivity index is 2.00. The maximum atomic E-state index is 15.2. The van der Waals surface area contributed by atoms with Crippen LogP contribution in [0.2, 0.25) is 5.02 Å². The normalized spacial score (nSPS) is 25.5. The Hall–Kier alpha value is -2.25. The van der Waals surface area contributed by atoms with Crippen LogP contribution < -0.4 is 4.74 Å². The molecule has 1 aliphatic carbocycles. The van der Waals surface area contributed by atoms with Crippen LogP contribution in [0.1, 0.15) is 31.7 Å². The monoisotopic (exact) mass is 466 g/mol. The van der Waals surface area contributed by atoms with Gasteiger partial charge in [0.2, 0.25) is 0 Å². The van der Waals surface area contributed by atoms with Crippen molar-refractivity contribution in [1.29, 1.82) is 0 Å². The van der Waals surface area contributed by atoms with Gasteiger partial charge in [0.15, 0.2) is 27.2 Å². The molecule has 4 nitrogen and oxygen atoms in total. The molecule has 0 N–H and O–H groups in total. The Morgan fingerprint density at radius 1 is 1.16 bits per heavy atom. The number of halogens is 3. The first-order valence-electron chi connectivity index (χ1n) is 9.98. The second-order valence-electron chi connectivity index (χ2n) is 8.02. The number of hydrogen-bond acceptors (Lipinski definition) is 4. The van der Waals surface area contributed by atoms with Gasteiger partial charge in [0, 0.05) is 10.9 Å². The number of allylic oxidation sites excluding steroid dienone is 2. The van der Waals surface area contributed by atoms with E-state index in [1.165, 1.54) is 37.3 Å². The van der Waals surface area contributed by atoms with Crippen LogP contribution in [0.25, 0.3) is 0 Å². The molecule has 1 aliphatic heterocycles. The summed E-state index contributed by atoms with van der Waals surface area (Å²) >= 11 is 5.94. The molecule has 1 heterocycles. The lowest BCUT2D eigenvalue weighted by Crippen LogP contribution is -2.53. The fourth-order valence-corrected chi connectivity index (χ4v) is 7.48. The zero-order chi connectivity index (χ0) is 22.4. The van der Waals surface area contributed by atoms with E-state index in [1.807, 2.05) is 0 Å². The van der Waals surface area contributed by atoms with Crippen LogP contribution in [-0.2, 0) is 19.4 Å². The summed E-state index contributed by atoms with van der Waals surface area (Å²) < 4.78 is 61.9. The average molecular weight is 467 g/mol. The van der Waals surface area contributed by atoms with E-state index in [0.29, 0.717) is 17.9 Å². The van der Waals surface area contributed by atoms with Gasteiger partial charge in [-0.15, -0.1) is 0 Å². The molecule has 3 atom stereocenters. The van der Waals surface area contributed by atoms with E-state index in [1.54, 1.807) is 6.08 Å². The SMILES string of the molecule is CC(=O)/C=C/[C@@H]1CCC[C@@]2(S(=O)(=O)c3ccc(Cl)cc3)c3c(F)ccc(F)c3OC[C@@H]12. The van der Waals surface area contributed by atoms with Crippen LogP contribution >= 0.6 is 11.6 Å². The maximum absolute atomic E-state index is 15.2. The van der Waals surface area contributed by atoms with Gasteiger partial charge in [-0.2, -0.15) is 0 Å². The summed E-state index contributed by atoms with van der Waals surface area (Å²) in [6.07, 6.45) is 4.26. The molecular weight excluding hydrogens is 446 g/mol. The number of carbonyl (C=O) groups is 1. The molecular formula is C23H21ClF2O4S. The van der Waals surface area contributed by atoms with Gasteiger partial charge in [-0.1, -0.05) is 24.1 Å². The lowest BCUT2D eigenvalue weighted by molar-refractivity contribution is -0.112. The third-order valence-electron chi connectivity index (χ3n) is 6.27. The van der Waals surface area contributed by atoms with Crippen LogP contribution in [0.3, 0.4) is 0 Å². The van der Waals surface area contributed by atoms with Gasteiger partial charge in [-0.25, -0.2) is 17.2 Å². The molecule has 0 unspecified atom stereocenters. The fourth-order valence-electron chi connectivity index (χ4n) is 4.92. The molecule has 31 heavy (non-hydrogen) atoms. The van der Waals surface area contributed by atoms with Crippen molar-refractivity contribution >= 4 is 27.2 Å². The highest BCUT2D eigenvalue weighted by molar-refractivity contribution is 7.92. The molecule has 8 heteroatoms. The zero-order valence-corrected chi connectivity index (χ0v) is 18.3. The van der Waals surface area contributed by atoms with Crippen LogP contribution in [-0.4, -0.2) is 20.8 Å². The number of fused-ring (bicyclic) bond motifs is 3. The predicted octanol–water partition coefficient (Wildman–Crippen LogP) is 5.24. The predicted molar refractivity (Wildman–Crippen MR) is 113 cm³/mol. The molecule has 2 aromatic carbocycles. The van der Waals surface area contributed by atoms with E-state index in [0.717, 1.165) is 12.1 Å². The Kier molecular flexibility index (Phi) is 5.68. The van der Waals surface area contributed by atoms with Gasteiger partial charge in [0.1, 0.15) is 10.6 Å². The highest BCUT2D eigenvalue weighted by Gasteiger charge is 2.60. The summed E-state index contributed by atoms with van der Waals surface area (Å²) in [7, 11) is -4.19. The third kappa shape index (κ3) is 3.48. The minimum atomic E-state index is -4.19. The molecule has 0 spiro atoms. The summed E-state index contributed by atoms with van der Waals surface area (Å²) in [6.45, 7) is 1.30. The molecule has 0 amide bonds. The molecule has 164 valence electrons. The van der Waals surface area contributed by atoms with E-state index >= 15 is 4.39 Å². The lowest BCUT2D eigenvalue weighted by atomic mass is 9.67. The summed E-state index contributed by atoms with van der Waals surface area (Å²) in [5.74, 6) is -3.20. The van der Waals surface area contributed by atoms with Crippen LogP contribution in [0.5, 0.6) is 5.75 Å². The molecule has 1 saturated carbocycles. The number of ether oxygens (including phenoxy) is 1. The topological polar surface area (TPSA) is 60.4 Å². The Morgan fingerprint density at radius 2 is 1.84 bits per heavy atom. The standard InChI is InChI=1S/C23H21ClF2O4S/c1-14(27)4-5-15-3-2-12-23(31(28,29)17-8-6-16(24)7-9-17)18(15)13-30-22-20(26)11-10-19(25)21(22)23/h4-11,15,18H,2-3,12-13H2,1H3/b5-4+/t15-,18-,23-/m0/s1. The molecule has 0 saturated heterocycles. The Morgan fingerprint density at radius 3 is 2.52 bits per heavy atom. The third-order valence-corrected chi connectivity index (χ3v) is 9.09. The number of sulfone groups is 1. The van der Waals surface area contributed by atoms with E-state index in [4.69, 9.17) is 16.3 Å². The van der Waals surface area contributed by atoms with Gasteiger partial charge in [-0.05, 0) is 68.2 Å². The maximum Gasteiger partial charge on any atom is 0.188 e. The number of rotatable bonds is 4. The molecule has 1 fully saturated rings. The average Bonchev–Trinajstić information content (AvgIpc) is 2.74. The number of hydrogen-bond donors (Lipinski definition) is 0. The second kappa shape index (κ2) is 8.02. The van der Waals surface area contributed by atoms with Crippen molar-refractivity contribution in [2.24, 2.45) is 11.8 Å². The second-order valence-corrected chi connectivity index (χ2v) is 10.7. The quantitative estimate of drug-likeness (QED) is 0.578. The van der Waals surface area contributed by atoms with E-state index in [-0.39, 0.29) is 40.9 Å². The zero-order valence-electron chi connectivity index (χ0n) is 16.8. The van der Waals surface area contributed by atoms with E-state index in [9.17, 15) is 17.6 Å². The molecule has 0 bridgehead atoms. The molecule has 2 aromatic rings. The van der Waals surface area contributed by atoms with Gasteiger partial charge < -0.3 is 4.74 Å². The first-order valence-corrected chi connectivity index (χ1v) is 11.8. The van der Waals surface area contributed by atoms with Crippen molar-refractivity contribution in [3.05, 3.63) is 70.8 Å². The molecule has 0 radical (unpaired) electrons. The van der Waals surface area contributed by atoms with Gasteiger partial charge in [0.25, 0.3) is 0 Å². The van der Waals surface area contributed by atoms with Gasteiger partial charge in [-0.3, -0.25) is 4.79 Å².